The number of aliphatic hydroxyl groups is 1. The number of carbonyl (C=O) groups is 1. The van der Waals surface area contributed by atoms with E-state index in [0.717, 1.165) is 11.0 Å². The lowest BCUT2D eigenvalue weighted by Gasteiger charge is -2.32. The molecular weight excluding hydrogens is 293 g/mol. The molecule has 1 aromatic rings. The number of aliphatic hydroxyl groups excluding tert-OH is 1. The summed E-state index contributed by atoms with van der Waals surface area (Å²) in [6, 6.07) is 7.44. The van der Waals surface area contributed by atoms with E-state index in [1.807, 2.05) is 52.0 Å². The third-order valence-electron chi connectivity index (χ3n) is 4.55. The third kappa shape index (κ3) is 4.13. The van der Waals surface area contributed by atoms with Gasteiger partial charge in [0, 0.05) is 6.04 Å². The molecule has 0 aliphatic carbocycles. The van der Waals surface area contributed by atoms with Crippen molar-refractivity contribution in [3.63, 3.8) is 0 Å². The lowest BCUT2D eigenvalue weighted by Crippen LogP contribution is -2.41. The molecule has 0 radical (unpaired) electrons. The van der Waals surface area contributed by atoms with Gasteiger partial charge in [0.05, 0.1) is 24.2 Å². The average molecular weight is 319 g/mol. The van der Waals surface area contributed by atoms with Crippen LogP contribution in [0.2, 0.25) is 0 Å². The van der Waals surface area contributed by atoms with E-state index < -0.39 is 7.12 Å². The highest BCUT2D eigenvalue weighted by Crippen LogP contribution is 2.36. The summed E-state index contributed by atoms with van der Waals surface area (Å²) in [5.41, 5.74) is 1.12. The lowest BCUT2D eigenvalue weighted by molar-refractivity contribution is -0.121. The van der Waals surface area contributed by atoms with E-state index >= 15 is 0 Å². The molecule has 0 aromatic heterocycles. The van der Waals surface area contributed by atoms with Gasteiger partial charge in [-0.3, -0.25) is 4.79 Å². The fraction of sp³-hybridized carbons (Fsp3) is 0.588. The first-order valence-corrected chi connectivity index (χ1v) is 7.99. The van der Waals surface area contributed by atoms with Gasteiger partial charge in [-0.05, 0) is 45.6 Å². The summed E-state index contributed by atoms with van der Waals surface area (Å²) in [5, 5.41) is 11.7. The Balaban J connectivity index is 1.99. The van der Waals surface area contributed by atoms with Crippen LogP contribution in [0.3, 0.4) is 0 Å². The molecule has 0 spiro atoms. The summed E-state index contributed by atoms with van der Waals surface area (Å²) in [7, 11) is -0.391. The molecule has 2 N–H and O–H groups in total. The molecule has 6 heteroatoms. The maximum absolute atomic E-state index is 11.8. The molecule has 0 bridgehead atoms. The molecule has 1 atom stereocenters. The zero-order valence-electron chi connectivity index (χ0n) is 14.6. The van der Waals surface area contributed by atoms with Gasteiger partial charge in [-0.25, -0.2) is 0 Å². The van der Waals surface area contributed by atoms with E-state index in [2.05, 4.69) is 5.32 Å². The van der Waals surface area contributed by atoms with Crippen LogP contribution >= 0.6 is 0 Å². The summed E-state index contributed by atoms with van der Waals surface area (Å²) in [5.74, 6) is -0.102. The normalized spacial score (nSPS) is 20.3. The van der Waals surface area contributed by atoms with Gasteiger partial charge in [-0.15, -0.1) is 0 Å². The predicted octanol–water partition coefficient (Wildman–Crippen LogP) is 1.03. The maximum Gasteiger partial charge on any atom is 0.494 e. The van der Waals surface area contributed by atoms with Crippen molar-refractivity contribution in [3.05, 3.63) is 29.8 Å². The Hall–Kier alpha value is -1.37. The first-order valence-electron chi connectivity index (χ1n) is 7.99. The molecule has 23 heavy (non-hydrogen) atoms. The largest absolute Gasteiger partial charge is 0.494 e. The number of benzene rings is 1. The minimum Gasteiger partial charge on any atom is -0.399 e. The van der Waals surface area contributed by atoms with Crippen molar-refractivity contribution in [1.82, 2.24) is 5.32 Å². The van der Waals surface area contributed by atoms with Crippen molar-refractivity contribution in [3.8, 4) is 0 Å². The van der Waals surface area contributed by atoms with Crippen LogP contribution in [0.5, 0.6) is 0 Å². The van der Waals surface area contributed by atoms with E-state index in [4.69, 9.17) is 14.4 Å². The first-order chi connectivity index (χ1) is 10.6. The Kier molecular flexibility index (Phi) is 5.18. The summed E-state index contributed by atoms with van der Waals surface area (Å²) in [6.07, 6.45) is 0.286. The smallest absolute Gasteiger partial charge is 0.399 e. The van der Waals surface area contributed by atoms with E-state index in [0.29, 0.717) is 0 Å². The van der Waals surface area contributed by atoms with Gasteiger partial charge < -0.3 is 19.7 Å². The second kappa shape index (κ2) is 6.63. The van der Waals surface area contributed by atoms with Gasteiger partial charge in [-0.2, -0.15) is 0 Å². The van der Waals surface area contributed by atoms with Gasteiger partial charge in [0.15, 0.2) is 0 Å². The second-order valence-corrected chi connectivity index (χ2v) is 7.16. The summed E-state index contributed by atoms with van der Waals surface area (Å²) >= 11 is 0. The standard InChI is InChI=1S/C17H26BNO4/c1-12(11-20)19-15(21)10-13-6-8-14(9-7-13)18-22-16(2,3)17(4,5)23-18/h6-9,12,20H,10-11H2,1-5H3,(H,19,21)/t12-/m0/s1. The lowest BCUT2D eigenvalue weighted by atomic mass is 9.79. The van der Waals surface area contributed by atoms with Crippen LogP contribution in [0.15, 0.2) is 24.3 Å². The van der Waals surface area contributed by atoms with Crippen molar-refractivity contribution in [2.75, 3.05) is 6.61 Å². The second-order valence-electron chi connectivity index (χ2n) is 7.16. The first kappa shape index (κ1) is 18.0. The van der Waals surface area contributed by atoms with E-state index in [1.165, 1.54) is 0 Å². The molecule has 2 rings (SSSR count). The highest BCUT2D eigenvalue weighted by molar-refractivity contribution is 6.62. The predicted molar refractivity (Wildman–Crippen MR) is 90.6 cm³/mol. The monoisotopic (exact) mass is 319 g/mol. The SMILES string of the molecule is C[C@@H](CO)NC(=O)Cc1ccc(B2OC(C)(C)C(C)(C)O2)cc1. The number of nitrogens with one attached hydrogen (secondary N) is 1. The zero-order valence-corrected chi connectivity index (χ0v) is 14.6. The number of rotatable bonds is 5. The number of amides is 1. The summed E-state index contributed by atoms with van der Waals surface area (Å²) in [4.78, 5) is 11.8. The number of hydrogen-bond acceptors (Lipinski definition) is 4. The van der Waals surface area contributed by atoms with Crippen LogP contribution in [0, 0.1) is 0 Å². The summed E-state index contributed by atoms with van der Waals surface area (Å²) < 4.78 is 12.0. The Morgan fingerprint density at radius 3 is 2.17 bits per heavy atom. The fourth-order valence-electron chi connectivity index (χ4n) is 2.33. The molecule has 1 heterocycles. The van der Waals surface area contributed by atoms with Crippen LogP contribution in [0.25, 0.3) is 0 Å². The molecule has 1 aliphatic heterocycles. The molecule has 1 aliphatic rings. The quantitative estimate of drug-likeness (QED) is 0.796. The molecule has 0 saturated carbocycles. The van der Waals surface area contributed by atoms with Crippen LogP contribution in [-0.4, -0.2) is 42.0 Å². The Morgan fingerprint density at radius 2 is 1.70 bits per heavy atom. The summed E-state index contributed by atoms with van der Waals surface area (Å²) in [6.45, 7) is 9.79. The maximum atomic E-state index is 11.8. The van der Waals surface area contributed by atoms with Crippen molar-refractivity contribution in [2.45, 2.75) is 58.3 Å². The molecule has 1 fully saturated rings. The highest BCUT2D eigenvalue weighted by Gasteiger charge is 2.51. The van der Waals surface area contributed by atoms with Gasteiger partial charge in [0.1, 0.15) is 0 Å². The molecule has 1 saturated heterocycles. The molecule has 1 aromatic carbocycles. The van der Waals surface area contributed by atoms with Crippen LogP contribution in [-0.2, 0) is 20.5 Å². The van der Waals surface area contributed by atoms with Crippen molar-refractivity contribution < 1.29 is 19.2 Å². The zero-order chi connectivity index (χ0) is 17.3. The van der Waals surface area contributed by atoms with Gasteiger partial charge >= 0.3 is 7.12 Å². The highest BCUT2D eigenvalue weighted by atomic mass is 16.7. The Labute approximate surface area is 138 Å². The number of carbonyl (C=O) groups excluding carboxylic acids is 1. The third-order valence-corrected chi connectivity index (χ3v) is 4.55. The molecule has 126 valence electrons. The average Bonchev–Trinajstić information content (AvgIpc) is 2.68. The van der Waals surface area contributed by atoms with Gasteiger partial charge in [-0.1, -0.05) is 24.3 Å². The number of hydrogen-bond donors (Lipinski definition) is 2. The topological polar surface area (TPSA) is 67.8 Å². The van der Waals surface area contributed by atoms with Crippen molar-refractivity contribution in [2.24, 2.45) is 0 Å². The Morgan fingerprint density at radius 1 is 1.17 bits per heavy atom. The van der Waals surface area contributed by atoms with E-state index in [-0.39, 0.29) is 36.2 Å². The van der Waals surface area contributed by atoms with Crippen LogP contribution in [0.4, 0.5) is 0 Å². The van der Waals surface area contributed by atoms with Crippen molar-refractivity contribution in [1.29, 1.82) is 0 Å². The molecular formula is C17H26BNO4. The molecule has 1 amide bonds. The van der Waals surface area contributed by atoms with Crippen LogP contribution in [0.1, 0.15) is 40.2 Å². The van der Waals surface area contributed by atoms with Crippen LogP contribution < -0.4 is 10.8 Å². The minimum absolute atomic E-state index is 0.0629. The fourth-order valence-corrected chi connectivity index (χ4v) is 2.33. The van der Waals surface area contributed by atoms with E-state index in [1.54, 1.807) is 6.92 Å². The molecule has 5 nitrogen and oxygen atoms in total. The van der Waals surface area contributed by atoms with Gasteiger partial charge in [0.25, 0.3) is 0 Å². The van der Waals surface area contributed by atoms with Gasteiger partial charge in [0.2, 0.25) is 5.91 Å². The Bertz CT molecular complexity index is 540. The minimum atomic E-state index is -0.391. The van der Waals surface area contributed by atoms with Crippen molar-refractivity contribution >= 4 is 18.5 Å². The van der Waals surface area contributed by atoms with E-state index in [9.17, 15) is 4.79 Å². The molecule has 0 unspecified atom stereocenters.